The van der Waals surface area contributed by atoms with Crippen LogP contribution in [0.3, 0.4) is 0 Å². The summed E-state index contributed by atoms with van der Waals surface area (Å²) in [5, 5.41) is 21.9. The predicted octanol–water partition coefficient (Wildman–Crippen LogP) is 9.37. The van der Waals surface area contributed by atoms with E-state index in [0.717, 1.165) is 28.7 Å². The van der Waals surface area contributed by atoms with E-state index in [1.807, 2.05) is 12.1 Å². The van der Waals surface area contributed by atoms with Gasteiger partial charge < -0.3 is 19.7 Å². The van der Waals surface area contributed by atoms with Gasteiger partial charge in [0.25, 0.3) is 0 Å². The van der Waals surface area contributed by atoms with E-state index in [-0.39, 0.29) is 45.9 Å². The van der Waals surface area contributed by atoms with Crippen LogP contribution in [0.4, 0.5) is 0 Å². The van der Waals surface area contributed by atoms with Crippen LogP contribution in [-0.4, -0.2) is 46.9 Å². The quantitative estimate of drug-likeness (QED) is 0.173. The Kier molecular flexibility index (Phi) is 13.3. The van der Waals surface area contributed by atoms with Crippen LogP contribution in [0.2, 0.25) is 0 Å². The lowest BCUT2D eigenvalue weighted by Crippen LogP contribution is -2.29. The molecule has 1 aliphatic rings. The first-order valence-corrected chi connectivity index (χ1v) is 17.6. The number of rotatable bonds is 12. The zero-order valence-electron chi connectivity index (χ0n) is 30.1. The fourth-order valence-electron chi connectivity index (χ4n) is 5.54. The minimum absolute atomic E-state index is 0.0312. The Bertz CT molecular complexity index is 1210. The van der Waals surface area contributed by atoms with Crippen molar-refractivity contribution in [1.82, 2.24) is 0 Å². The number of carbonyl (C=O) groups excluding carboxylic acids is 2. The highest BCUT2D eigenvalue weighted by Gasteiger charge is 2.36. The first kappa shape index (κ1) is 38.8. The van der Waals surface area contributed by atoms with Gasteiger partial charge in [-0.3, -0.25) is 9.59 Å². The summed E-state index contributed by atoms with van der Waals surface area (Å²) >= 11 is 1.59. The van der Waals surface area contributed by atoms with Gasteiger partial charge in [0, 0.05) is 30.3 Å². The van der Waals surface area contributed by atoms with E-state index in [1.54, 1.807) is 11.8 Å². The van der Waals surface area contributed by atoms with Crippen molar-refractivity contribution in [3.05, 3.63) is 51.8 Å². The average Bonchev–Trinajstić information content (AvgIpc) is 2.88. The molecule has 1 unspecified atom stereocenters. The van der Waals surface area contributed by atoms with Crippen LogP contribution < -0.4 is 0 Å². The second kappa shape index (κ2) is 15.5. The molecule has 0 heterocycles. The van der Waals surface area contributed by atoms with Crippen molar-refractivity contribution in [1.29, 1.82) is 0 Å². The van der Waals surface area contributed by atoms with Crippen molar-refractivity contribution in [2.75, 3.05) is 24.7 Å². The molecule has 0 spiro atoms. The zero-order chi connectivity index (χ0) is 34.4. The minimum atomic E-state index is -0.242. The molecule has 0 aliphatic heterocycles. The fourth-order valence-corrected chi connectivity index (χ4v) is 6.15. The summed E-state index contributed by atoms with van der Waals surface area (Å²) in [6.45, 7) is 25.9. The van der Waals surface area contributed by atoms with Gasteiger partial charge in [-0.2, -0.15) is 11.8 Å². The smallest absolute Gasteiger partial charge is 0.306 e. The average molecular weight is 645 g/mol. The molecule has 1 aromatic rings. The molecule has 45 heavy (non-hydrogen) atoms. The van der Waals surface area contributed by atoms with Crippen LogP contribution in [0.15, 0.2) is 35.1 Å². The second-order valence-electron chi connectivity index (χ2n) is 16.6. The molecule has 1 aliphatic carbocycles. The molecular weight excluding hydrogens is 584 g/mol. The number of aromatic hydroxyl groups is 1. The molecule has 0 aromatic heterocycles. The third-order valence-electron chi connectivity index (χ3n) is 8.31. The molecule has 1 atom stereocenters. The van der Waals surface area contributed by atoms with Crippen LogP contribution in [0.25, 0.3) is 0 Å². The Morgan fingerprint density at radius 1 is 0.756 bits per heavy atom. The molecule has 6 nitrogen and oxygen atoms in total. The van der Waals surface area contributed by atoms with Crippen molar-refractivity contribution in [2.45, 2.75) is 126 Å². The van der Waals surface area contributed by atoms with Crippen molar-refractivity contribution in [3.63, 3.8) is 0 Å². The van der Waals surface area contributed by atoms with Gasteiger partial charge in [-0.15, -0.1) is 0 Å². The maximum atomic E-state index is 12.4. The molecular formula is C38H60O6S. The minimum Gasteiger partial charge on any atom is -0.512 e. The highest BCUT2D eigenvalue weighted by Crippen LogP contribution is 2.45. The summed E-state index contributed by atoms with van der Waals surface area (Å²) < 4.78 is 10.9. The molecule has 254 valence electrons. The number of aliphatic hydroxyl groups excluding tert-OH is 1. The Morgan fingerprint density at radius 3 is 1.64 bits per heavy atom. The topological polar surface area (TPSA) is 93.1 Å². The summed E-state index contributed by atoms with van der Waals surface area (Å²) in [5.74, 6) is 1.67. The Morgan fingerprint density at radius 2 is 1.22 bits per heavy atom. The van der Waals surface area contributed by atoms with Gasteiger partial charge in [-0.1, -0.05) is 107 Å². The highest BCUT2D eigenvalue weighted by atomic mass is 32.2. The van der Waals surface area contributed by atoms with Gasteiger partial charge in [0.05, 0.1) is 5.76 Å². The lowest BCUT2D eigenvalue weighted by Gasteiger charge is -2.37. The Hall–Kier alpha value is -2.41. The van der Waals surface area contributed by atoms with E-state index < -0.39 is 0 Å². The molecule has 0 saturated heterocycles. The summed E-state index contributed by atoms with van der Waals surface area (Å²) in [6, 6.07) is 4.02. The Balaban J connectivity index is 1.73. The lowest BCUT2D eigenvalue weighted by molar-refractivity contribution is -0.143. The van der Waals surface area contributed by atoms with E-state index in [4.69, 9.17) is 9.47 Å². The number of carbonyl (C=O) groups is 2. The zero-order valence-corrected chi connectivity index (χ0v) is 30.9. The van der Waals surface area contributed by atoms with Gasteiger partial charge in [0.15, 0.2) is 0 Å². The normalized spacial score (nSPS) is 16.4. The van der Waals surface area contributed by atoms with Gasteiger partial charge in [0.1, 0.15) is 19.0 Å². The number of hydrogen-bond donors (Lipinski definition) is 2. The van der Waals surface area contributed by atoms with Gasteiger partial charge in [0.2, 0.25) is 0 Å². The monoisotopic (exact) mass is 644 g/mol. The Labute approximate surface area is 277 Å². The molecule has 1 aromatic carbocycles. The van der Waals surface area contributed by atoms with Crippen LogP contribution in [0.1, 0.15) is 125 Å². The van der Waals surface area contributed by atoms with Gasteiger partial charge in [-0.05, 0) is 63.2 Å². The highest BCUT2D eigenvalue weighted by molar-refractivity contribution is 7.99. The standard InChI is InChI=1S/C38H60O6S/c1-35(2,3)27-21-25(22-28(33(27)41)36(4,5)6)13-15-31(39)43-17-19-45-20-18-44-32(40)16-14-26-23-29(37(7,8)9)34(42)30(24-26)38(10,11)12/h21-23,30,41-42H,13-20,24H2,1-12H3. The second-order valence-corrected chi connectivity index (χ2v) is 17.8. The maximum absolute atomic E-state index is 12.4. The predicted molar refractivity (Wildman–Crippen MR) is 187 cm³/mol. The first-order valence-electron chi connectivity index (χ1n) is 16.4. The number of hydrogen-bond acceptors (Lipinski definition) is 7. The number of esters is 2. The van der Waals surface area contributed by atoms with E-state index in [9.17, 15) is 19.8 Å². The number of allylic oxidation sites excluding steroid dienone is 4. The van der Waals surface area contributed by atoms with E-state index >= 15 is 0 Å². The van der Waals surface area contributed by atoms with E-state index in [0.29, 0.717) is 55.5 Å². The van der Waals surface area contributed by atoms with Crippen molar-refractivity contribution >= 4 is 23.7 Å². The van der Waals surface area contributed by atoms with Crippen molar-refractivity contribution in [2.24, 2.45) is 16.7 Å². The molecule has 2 N–H and O–H groups in total. The molecule has 0 saturated carbocycles. The summed E-state index contributed by atoms with van der Waals surface area (Å²) in [5.41, 5.74) is 4.26. The summed E-state index contributed by atoms with van der Waals surface area (Å²) in [6.07, 6.45) is 4.61. The van der Waals surface area contributed by atoms with Crippen LogP contribution in [0, 0.1) is 16.7 Å². The molecule has 0 bridgehead atoms. The van der Waals surface area contributed by atoms with E-state index in [2.05, 4.69) is 89.2 Å². The number of thioether (sulfide) groups is 1. The molecule has 0 amide bonds. The maximum Gasteiger partial charge on any atom is 0.306 e. The molecule has 0 radical (unpaired) electrons. The van der Waals surface area contributed by atoms with Gasteiger partial charge in [-0.25, -0.2) is 0 Å². The number of aliphatic hydroxyl groups is 1. The number of phenols is 1. The third-order valence-corrected chi connectivity index (χ3v) is 9.22. The first-order chi connectivity index (χ1) is 20.5. The number of benzene rings is 1. The van der Waals surface area contributed by atoms with Crippen LogP contribution in [0.5, 0.6) is 5.75 Å². The number of ether oxygens (including phenoxy) is 2. The molecule has 7 heteroatoms. The van der Waals surface area contributed by atoms with E-state index in [1.165, 1.54) is 5.57 Å². The number of aryl methyl sites for hydroxylation is 1. The van der Waals surface area contributed by atoms with Crippen LogP contribution in [-0.2, 0) is 36.3 Å². The summed E-state index contributed by atoms with van der Waals surface area (Å²) in [4.78, 5) is 24.9. The summed E-state index contributed by atoms with van der Waals surface area (Å²) in [7, 11) is 0. The SMILES string of the molecule is CC(C)(C)C1=C(O)C(C(C)(C)C)CC(CCC(=O)OCCSCCOC(=O)CCc2cc(C(C)(C)C)c(O)c(C(C)(C)C)c2)=C1. The van der Waals surface area contributed by atoms with Crippen molar-refractivity contribution in [3.8, 4) is 5.75 Å². The molecule has 2 rings (SSSR count). The van der Waals surface area contributed by atoms with Crippen molar-refractivity contribution < 1.29 is 29.3 Å². The third kappa shape index (κ3) is 12.0. The fraction of sp³-hybridized carbons (Fsp3) is 0.684. The number of phenolic OH excluding ortho intramolecular Hbond substituents is 1. The lowest BCUT2D eigenvalue weighted by atomic mass is 9.68. The largest absolute Gasteiger partial charge is 0.512 e. The molecule has 0 fully saturated rings. The van der Waals surface area contributed by atoms with Gasteiger partial charge >= 0.3 is 11.9 Å². The van der Waals surface area contributed by atoms with Crippen LogP contribution >= 0.6 is 11.8 Å².